The fourth-order valence-electron chi connectivity index (χ4n) is 4.27. The lowest BCUT2D eigenvalue weighted by atomic mass is 10.0. The Morgan fingerprint density at radius 3 is 2.77 bits per heavy atom. The number of aliphatic carboxylic acids is 1. The largest absolute Gasteiger partial charge is 0.481 e. The molecular formula is C23H25ClFN3O2S. The average Bonchev–Trinajstić information content (AvgIpc) is 3.09. The number of carboxylic acids is 1. The number of piperazine rings is 1. The number of aromatic nitrogens is 1. The Morgan fingerprint density at radius 1 is 1.26 bits per heavy atom. The number of rotatable bonds is 6. The number of anilines is 1. The lowest BCUT2D eigenvalue weighted by Gasteiger charge is -2.41. The van der Waals surface area contributed by atoms with Crippen LogP contribution in [0.1, 0.15) is 30.0 Å². The molecule has 0 amide bonds. The third kappa shape index (κ3) is 5.00. The molecule has 1 aromatic heterocycles. The SMILES string of the molecule is CC[C@H]1CN(Cc2cc(C)cc(CC(=O)O)c2)CCN1c1nc2cc(F)c(Cl)cc2s1. The molecule has 0 aliphatic carbocycles. The van der Waals surface area contributed by atoms with E-state index in [9.17, 15) is 9.18 Å². The fourth-order valence-corrected chi connectivity index (χ4v) is 5.59. The van der Waals surface area contributed by atoms with Gasteiger partial charge in [-0.05, 0) is 30.5 Å². The van der Waals surface area contributed by atoms with E-state index in [4.69, 9.17) is 16.7 Å². The van der Waals surface area contributed by atoms with Crippen molar-refractivity contribution >= 4 is 44.3 Å². The van der Waals surface area contributed by atoms with Gasteiger partial charge in [-0.3, -0.25) is 9.69 Å². The number of carbonyl (C=O) groups is 1. The van der Waals surface area contributed by atoms with Crippen molar-refractivity contribution in [3.8, 4) is 0 Å². The van der Waals surface area contributed by atoms with Gasteiger partial charge in [0.25, 0.3) is 0 Å². The third-order valence-electron chi connectivity index (χ3n) is 5.66. The standard InChI is InChI=1S/C23H25ClFN3O2S/c1-3-17-13-27(12-16-7-14(2)6-15(8-16)9-22(29)30)4-5-28(17)23-26-20-11-19(25)18(24)10-21(20)31-23/h6-8,10-11,17H,3-5,9,12-13H2,1-2H3,(H,29,30)/t17-/m0/s1. The van der Waals surface area contributed by atoms with E-state index >= 15 is 0 Å². The molecule has 1 N–H and O–H groups in total. The minimum atomic E-state index is -0.812. The molecule has 1 aliphatic heterocycles. The van der Waals surface area contributed by atoms with Crippen LogP contribution in [0, 0.1) is 12.7 Å². The predicted octanol–water partition coefficient (Wildman–Crippen LogP) is 5.13. The number of nitrogens with zero attached hydrogens (tertiary/aromatic N) is 3. The molecule has 1 atom stereocenters. The Hall–Kier alpha value is -2.22. The molecule has 1 saturated heterocycles. The minimum absolute atomic E-state index is 0.0439. The average molecular weight is 462 g/mol. The van der Waals surface area contributed by atoms with Crippen molar-refractivity contribution in [2.24, 2.45) is 0 Å². The van der Waals surface area contributed by atoms with Crippen LogP contribution in [0.2, 0.25) is 5.02 Å². The van der Waals surface area contributed by atoms with Gasteiger partial charge < -0.3 is 10.0 Å². The number of thiazole rings is 1. The molecule has 0 spiro atoms. The molecule has 8 heteroatoms. The fraction of sp³-hybridized carbons (Fsp3) is 0.391. The summed E-state index contributed by atoms with van der Waals surface area (Å²) in [4.78, 5) is 20.5. The third-order valence-corrected chi connectivity index (χ3v) is 7.01. The van der Waals surface area contributed by atoms with Crippen LogP contribution in [0.15, 0.2) is 30.3 Å². The summed E-state index contributed by atoms with van der Waals surface area (Å²) in [5.74, 6) is -1.25. The van der Waals surface area contributed by atoms with Gasteiger partial charge in [0.05, 0.1) is 21.7 Å². The van der Waals surface area contributed by atoms with Gasteiger partial charge in [-0.2, -0.15) is 0 Å². The van der Waals surface area contributed by atoms with E-state index in [1.807, 2.05) is 19.1 Å². The highest BCUT2D eigenvalue weighted by atomic mass is 35.5. The van der Waals surface area contributed by atoms with Crippen molar-refractivity contribution in [2.45, 2.75) is 39.3 Å². The molecule has 31 heavy (non-hydrogen) atoms. The molecule has 3 aromatic rings. The number of halogens is 2. The van der Waals surface area contributed by atoms with E-state index in [1.54, 1.807) is 17.4 Å². The van der Waals surface area contributed by atoms with Gasteiger partial charge in [0, 0.05) is 38.3 Å². The summed E-state index contributed by atoms with van der Waals surface area (Å²) in [5, 5.41) is 10.1. The van der Waals surface area contributed by atoms with E-state index in [0.29, 0.717) is 11.6 Å². The van der Waals surface area contributed by atoms with Gasteiger partial charge in [0.2, 0.25) is 0 Å². The van der Waals surface area contributed by atoms with Gasteiger partial charge in [-0.25, -0.2) is 9.37 Å². The van der Waals surface area contributed by atoms with Crippen molar-refractivity contribution in [3.05, 3.63) is 57.9 Å². The smallest absolute Gasteiger partial charge is 0.307 e. The highest BCUT2D eigenvalue weighted by Crippen LogP contribution is 2.34. The van der Waals surface area contributed by atoms with Crippen LogP contribution in [0.5, 0.6) is 0 Å². The molecule has 2 aromatic carbocycles. The minimum Gasteiger partial charge on any atom is -0.481 e. The highest BCUT2D eigenvalue weighted by molar-refractivity contribution is 7.22. The maximum atomic E-state index is 13.8. The van der Waals surface area contributed by atoms with Crippen LogP contribution in [0.3, 0.4) is 0 Å². The molecule has 2 heterocycles. The summed E-state index contributed by atoms with van der Waals surface area (Å²) >= 11 is 7.49. The topological polar surface area (TPSA) is 56.7 Å². The number of hydrogen-bond donors (Lipinski definition) is 1. The van der Waals surface area contributed by atoms with Crippen molar-refractivity contribution in [2.75, 3.05) is 24.5 Å². The molecule has 1 fully saturated rings. The van der Waals surface area contributed by atoms with Crippen LogP contribution >= 0.6 is 22.9 Å². The Morgan fingerprint density at radius 2 is 2.03 bits per heavy atom. The number of benzene rings is 2. The quantitative estimate of drug-likeness (QED) is 0.551. The zero-order valence-corrected chi connectivity index (χ0v) is 19.1. The maximum Gasteiger partial charge on any atom is 0.307 e. The Balaban J connectivity index is 1.49. The van der Waals surface area contributed by atoms with Crippen molar-refractivity contribution in [3.63, 3.8) is 0 Å². The summed E-state index contributed by atoms with van der Waals surface area (Å²) in [5.41, 5.74) is 3.71. The second kappa shape index (κ2) is 9.10. The Bertz CT molecular complexity index is 1080. The Labute approximate surface area is 190 Å². The monoisotopic (exact) mass is 461 g/mol. The summed E-state index contributed by atoms with van der Waals surface area (Å²) in [7, 11) is 0. The van der Waals surface area contributed by atoms with Gasteiger partial charge in [-0.1, -0.05) is 53.6 Å². The summed E-state index contributed by atoms with van der Waals surface area (Å²) < 4.78 is 14.7. The van der Waals surface area contributed by atoms with Gasteiger partial charge in [0.15, 0.2) is 5.13 Å². The van der Waals surface area contributed by atoms with Gasteiger partial charge in [-0.15, -0.1) is 0 Å². The second-order valence-electron chi connectivity index (χ2n) is 8.12. The zero-order valence-electron chi connectivity index (χ0n) is 17.6. The molecule has 164 valence electrons. The zero-order chi connectivity index (χ0) is 22.1. The maximum absolute atomic E-state index is 13.8. The number of carboxylic acid groups (broad SMARTS) is 1. The van der Waals surface area contributed by atoms with Crippen molar-refractivity contribution in [1.29, 1.82) is 0 Å². The van der Waals surface area contributed by atoms with Crippen molar-refractivity contribution in [1.82, 2.24) is 9.88 Å². The summed E-state index contributed by atoms with van der Waals surface area (Å²) in [6.07, 6.45) is 1.02. The predicted molar refractivity (Wildman–Crippen MR) is 124 cm³/mol. The van der Waals surface area contributed by atoms with E-state index in [1.165, 1.54) is 6.07 Å². The molecule has 5 nitrogen and oxygen atoms in total. The molecular weight excluding hydrogens is 437 g/mol. The normalized spacial score (nSPS) is 17.4. The second-order valence-corrected chi connectivity index (χ2v) is 9.53. The first kappa shape index (κ1) is 22.0. The number of aryl methyl sites for hydroxylation is 1. The van der Waals surface area contributed by atoms with Gasteiger partial charge >= 0.3 is 5.97 Å². The molecule has 0 saturated carbocycles. The first-order valence-electron chi connectivity index (χ1n) is 10.4. The molecule has 0 unspecified atom stereocenters. The Kier molecular flexibility index (Phi) is 6.46. The van der Waals surface area contributed by atoms with E-state index < -0.39 is 11.8 Å². The molecule has 4 rings (SSSR count). The summed E-state index contributed by atoms with van der Waals surface area (Å²) in [6.45, 7) is 7.57. The number of hydrogen-bond acceptors (Lipinski definition) is 5. The van der Waals surface area contributed by atoms with E-state index in [-0.39, 0.29) is 11.4 Å². The lowest BCUT2D eigenvalue weighted by Crippen LogP contribution is -2.52. The van der Waals surface area contributed by atoms with Crippen molar-refractivity contribution < 1.29 is 14.3 Å². The first-order chi connectivity index (χ1) is 14.8. The van der Waals surface area contributed by atoms with Crippen LogP contribution in [0.25, 0.3) is 10.2 Å². The van der Waals surface area contributed by atoms with Gasteiger partial charge in [0.1, 0.15) is 5.82 Å². The first-order valence-corrected chi connectivity index (χ1v) is 11.6. The summed E-state index contributed by atoms with van der Waals surface area (Å²) in [6, 6.07) is 9.42. The molecule has 0 bridgehead atoms. The molecule has 0 radical (unpaired) electrons. The van der Waals surface area contributed by atoms with E-state index in [2.05, 4.69) is 27.8 Å². The highest BCUT2D eigenvalue weighted by Gasteiger charge is 2.28. The van der Waals surface area contributed by atoms with Crippen LogP contribution in [-0.2, 0) is 17.8 Å². The molecule has 1 aliphatic rings. The van der Waals surface area contributed by atoms with Crippen LogP contribution < -0.4 is 4.90 Å². The van der Waals surface area contributed by atoms with E-state index in [0.717, 1.165) is 59.1 Å². The van der Waals surface area contributed by atoms with Crippen LogP contribution in [0.4, 0.5) is 9.52 Å². The number of fused-ring (bicyclic) bond motifs is 1. The van der Waals surface area contributed by atoms with Crippen LogP contribution in [-0.4, -0.2) is 46.6 Å². The lowest BCUT2D eigenvalue weighted by molar-refractivity contribution is -0.136.